The normalized spacial score (nSPS) is 31.9. The van der Waals surface area contributed by atoms with Gasteiger partial charge >= 0.3 is 0 Å². The van der Waals surface area contributed by atoms with Crippen molar-refractivity contribution in [2.75, 3.05) is 36.5 Å². The highest BCUT2D eigenvalue weighted by Gasteiger charge is 2.45. The van der Waals surface area contributed by atoms with Crippen molar-refractivity contribution in [3.8, 4) is 0 Å². The molecule has 18 nitrogen and oxygen atoms in total. The Hall–Kier alpha value is -3.49. The Morgan fingerprint density at radius 1 is 1.00 bits per heavy atom. The molecule has 3 aliphatic heterocycles. The number of aliphatic imine (C=N–C) groups is 1. The van der Waals surface area contributed by atoms with Crippen LogP contribution in [0.3, 0.4) is 0 Å². The van der Waals surface area contributed by atoms with Crippen LogP contribution in [0.4, 0.5) is 17.6 Å². The topological polar surface area (TPSA) is 289 Å². The average molecular weight is 551 g/mol. The van der Waals surface area contributed by atoms with Crippen molar-refractivity contribution in [3.63, 3.8) is 0 Å². The fourth-order valence-electron chi connectivity index (χ4n) is 4.68. The highest BCUT2D eigenvalue weighted by molar-refractivity contribution is 5.87. The molecule has 0 bridgehead atoms. The molecule has 0 aliphatic carbocycles. The van der Waals surface area contributed by atoms with Gasteiger partial charge in [0, 0.05) is 6.42 Å². The molecule has 0 radical (unpaired) electrons. The molecule has 2 fully saturated rings. The third kappa shape index (κ3) is 4.99. The number of nitrogens with two attached hydrogens (primary N) is 2. The predicted octanol–water partition coefficient (Wildman–Crippen LogP) is -3.32. The number of aliphatic hydroxyl groups is 6. The van der Waals surface area contributed by atoms with Crippen molar-refractivity contribution >= 4 is 35.0 Å². The molecule has 3 aliphatic rings. The summed E-state index contributed by atoms with van der Waals surface area (Å²) >= 11 is 0. The van der Waals surface area contributed by atoms with Crippen LogP contribution in [0.2, 0.25) is 0 Å². The summed E-state index contributed by atoms with van der Waals surface area (Å²) < 4.78 is 12.7. The van der Waals surface area contributed by atoms with Crippen LogP contribution in [0, 0.1) is 0 Å². The molecule has 6 rings (SSSR count). The monoisotopic (exact) mass is 550 g/mol. The Bertz CT molecular complexity index is 1330. The van der Waals surface area contributed by atoms with Crippen LogP contribution in [-0.4, -0.2) is 117 Å². The minimum atomic E-state index is -1.23. The summed E-state index contributed by atoms with van der Waals surface area (Å²) in [4.78, 5) is 15.9. The minimum absolute atomic E-state index is 0.0376. The predicted molar refractivity (Wildman–Crippen MR) is 133 cm³/mol. The maximum Gasteiger partial charge on any atom is 0.222 e. The first-order chi connectivity index (χ1) is 18.7. The summed E-state index contributed by atoms with van der Waals surface area (Å²) in [5.74, 6) is 0.663. The molecule has 0 unspecified atom stereocenters. The van der Waals surface area contributed by atoms with Crippen molar-refractivity contribution in [1.82, 2.24) is 29.7 Å². The Morgan fingerprint density at radius 2 is 1.77 bits per heavy atom. The fraction of sp³-hybridized carbons (Fsp3) is 0.571. The van der Waals surface area contributed by atoms with E-state index >= 15 is 0 Å². The molecule has 3 aromatic heterocycles. The number of rotatable bonds is 4. The second kappa shape index (κ2) is 10.9. The van der Waals surface area contributed by atoms with Gasteiger partial charge in [-0.15, -0.1) is 0 Å². The molecule has 0 spiro atoms. The molecule has 2 saturated heterocycles. The number of aromatic amines is 1. The number of nitrogens with zero attached hydrogens (tertiary/aromatic N) is 6. The van der Waals surface area contributed by atoms with Gasteiger partial charge < -0.3 is 56.9 Å². The highest BCUT2D eigenvalue weighted by Crippen LogP contribution is 2.36. The van der Waals surface area contributed by atoms with Gasteiger partial charge in [0.15, 0.2) is 11.3 Å². The fourth-order valence-corrected chi connectivity index (χ4v) is 4.68. The van der Waals surface area contributed by atoms with E-state index in [4.69, 9.17) is 31.2 Å². The zero-order valence-electron chi connectivity index (χ0n) is 20.4. The number of fused-ring (bicyclic) bond motifs is 2. The van der Waals surface area contributed by atoms with Gasteiger partial charge in [0.2, 0.25) is 5.95 Å². The summed E-state index contributed by atoms with van der Waals surface area (Å²) in [6.45, 7) is -0.392. The summed E-state index contributed by atoms with van der Waals surface area (Å²) in [6, 6.07) is 0. The van der Waals surface area contributed by atoms with Gasteiger partial charge in [0.05, 0.1) is 44.2 Å². The Labute approximate surface area is 219 Å². The van der Waals surface area contributed by atoms with E-state index in [1.165, 1.54) is 6.34 Å². The molecule has 3 aromatic rings. The van der Waals surface area contributed by atoms with Gasteiger partial charge in [0.25, 0.3) is 0 Å². The Kier molecular flexibility index (Phi) is 7.60. The van der Waals surface area contributed by atoms with Crippen molar-refractivity contribution < 1.29 is 40.1 Å². The van der Waals surface area contributed by atoms with Gasteiger partial charge in [-0.05, 0) is 0 Å². The number of nitrogen functional groups attached to an aromatic ring is 2. The van der Waals surface area contributed by atoms with Crippen LogP contribution in [-0.2, 0) is 9.47 Å². The van der Waals surface area contributed by atoms with Crippen molar-refractivity contribution in [1.29, 1.82) is 0 Å². The largest absolute Gasteiger partial charge is 0.394 e. The maximum atomic E-state index is 9.99. The van der Waals surface area contributed by atoms with E-state index in [2.05, 4.69) is 35.5 Å². The summed E-state index contributed by atoms with van der Waals surface area (Å²) in [5, 5.41) is 67.1. The number of aliphatic hydroxyl groups excluding tert-OH is 6. The van der Waals surface area contributed by atoms with Gasteiger partial charge in [-0.2, -0.15) is 10.1 Å². The number of imidazole rings is 1. The van der Waals surface area contributed by atoms with Crippen LogP contribution < -0.4 is 16.8 Å². The summed E-state index contributed by atoms with van der Waals surface area (Å²) in [5.41, 5.74) is 12.6. The summed E-state index contributed by atoms with van der Waals surface area (Å²) in [7, 11) is 0. The second-order valence-electron chi connectivity index (χ2n) is 9.22. The van der Waals surface area contributed by atoms with Crippen LogP contribution in [0.5, 0.6) is 0 Å². The lowest BCUT2D eigenvalue weighted by molar-refractivity contribution is -0.0437. The lowest BCUT2D eigenvalue weighted by Gasteiger charge is -2.16. The van der Waals surface area contributed by atoms with Crippen molar-refractivity contribution in [3.05, 3.63) is 17.7 Å². The quantitative estimate of drug-likeness (QED) is 0.152. The van der Waals surface area contributed by atoms with E-state index in [1.54, 1.807) is 10.9 Å². The standard InChI is InChI=1S/C11H16N4O4.C10H14N6O4/c16-3-8-6(17)1-9(19-8)15-5-14-10-7(18)2-12-4-13-11(10)15;11-9-5-3(13-10(12)14-9)4(15-16-5)8-7(19)6(18)2(1-17)20-8/h4-9,16-18H,1-3H2,(H,12,13);2,6-8,17-19H,1H2,(H,15,16)(H4,11,12,13,14)/t6-,7+,8+,9+;2-,6-,7-,8+/m01/s1. The smallest absolute Gasteiger partial charge is 0.222 e. The van der Waals surface area contributed by atoms with E-state index in [0.29, 0.717) is 34.7 Å². The molecule has 212 valence electrons. The van der Waals surface area contributed by atoms with Gasteiger partial charge in [-0.1, -0.05) is 0 Å². The van der Waals surface area contributed by atoms with Gasteiger partial charge in [0.1, 0.15) is 59.9 Å². The van der Waals surface area contributed by atoms with E-state index in [0.717, 1.165) is 0 Å². The SMILES string of the molecule is Nc1nc(N)c2n[nH]c([C@@H]3O[C@H](CO)[C@@H](O)[C@H]3O)c2n1.OC[C@H]1O[C@@H](n2cnc3c2NC=NC[C@H]3O)C[C@@H]1O. The third-order valence-electron chi connectivity index (χ3n) is 6.70. The Morgan fingerprint density at radius 3 is 2.46 bits per heavy atom. The lowest BCUT2D eigenvalue weighted by atomic mass is 10.1. The average Bonchev–Trinajstić information content (AvgIpc) is 3.65. The van der Waals surface area contributed by atoms with Gasteiger partial charge in [-0.3, -0.25) is 14.7 Å². The van der Waals surface area contributed by atoms with E-state index in [9.17, 15) is 20.4 Å². The first kappa shape index (κ1) is 27.1. The zero-order valence-corrected chi connectivity index (χ0v) is 20.4. The molecule has 0 aromatic carbocycles. The summed E-state index contributed by atoms with van der Waals surface area (Å²) in [6.07, 6.45) is -3.30. The van der Waals surface area contributed by atoms with Crippen LogP contribution in [0.15, 0.2) is 11.3 Å². The van der Waals surface area contributed by atoms with Crippen molar-refractivity contribution in [2.24, 2.45) is 4.99 Å². The minimum Gasteiger partial charge on any atom is -0.394 e. The number of ether oxygens (including phenoxy) is 2. The number of aromatic nitrogens is 6. The molecular weight excluding hydrogens is 520 g/mol. The molecule has 0 amide bonds. The number of anilines is 3. The second-order valence-corrected chi connectivity index (χ2v) is 9.22. The number of hydrogen-bond donors (Lipinski definition) is 10. The lowest BCUT2D eigenvalue weighted by Crippen LogP contribution is -2.32. The van der Waals surface area contributed by atoms with E-state index < -0.39 is 55.6 Å². The number of nitrogens with one attached hydrogen (secondary N) is 2. The van der Waals surface area contributed by atoms with E-state index in [-0.39, 0.29) is 24.9 Å². The number of hydrogen-bond acceptors (Lipinski definition) is 16. The first-order valence-electron chi connectivity index (χ1n) is 12.1. The Balaban J connectivity index is 0.000000158. The number of H-pyrrole nitrogens is 1. The molecule has 0 saturated carbocycles. The highest BCUT2D eigenvalue weighted by atomic mass is 16.6. The van der Waals surface area contributed by atoms with E-state index in [1.807, 2.05) is 0 Å². The molecule has 39 heavy (non-hydrogen) atoms. The molecule has 18 heteroatoms. The maximum absolute atomic E-state index is 9.99. The van der Waals surface area contributed by atoms with Crippen molar-refractivity contribution in [2.45, 2.75) is 55.4 Å². The zero-order chi connectivity index (χ0) is 27.8. The van der Waals surface area contributed by atoms with Crippen LogP contribution in [0.25, 0.3) is 11.0 Å². The molecule has 12 N–H and O–H groups in total. The molecular formula is C21H30N10O8. The van der Waals surface area contributed by atoms with Crippen LogP contribution >= 0.6 is 0 Å². The molecule has 6 heterocycles. The van der Waals surface area contributed by atoms with Gasteiger partial charge in [-0.25, -0.2) is 9.97 Å². The first-order valence-corrected chi connectivity index (χ1v) is 12.1. The third-order valence-corrected chi connectivity index (χ3v) is 6.70. The molecule has 8 atom stereocenters. The van der Waals surface area contributed by atoms with Crippen LogP contribution in [0.1, 0.15) is 36.2 Å².